The number of aromatic nitrogens is 2. The van der Waals surface area contributed by atoms with Gasteiger partial charge in [0.1, 0.15) is 17.7 Å². The summed E-state index contributed by atoms with van der Waals surface area (Å²) in [5.74, 6) is -1.41. The van der Waals surface area contributed by atoms with Gasteiger partial charge in [0.15, 0.2) is 0 Å². The second kappa shape index (κ2) is 9.27. The molecule has 0 spiro atoms. The van der Waals surface area contributed by atoms with Gasteiger partial charge < -0.3 is 15.7 Å². The summed E-state index contributed by atoms with van der Waals surface area (Å²) in [4.78, 5) is 16.0. The smallest absolute Gasteiger partial charge is 0.264 e. The number of nitriles is 1. The number of likely N-dealkylation sites (tertiary alicyclic amines) is 1. The summed E-state index contributed by atoms with van der Waals surface area (Å²) in [6, 6.07) is 10.6. The molecule has 3 N–H and O–H groups in total. The molecular weight excluding hydrogens is 508 g/mol. The number of carbonyl (C=O) groups is 1. The second-order valence-electron chi connectivity index (χ2n) is 10.3. The van der Waals surface area contributed by atoms with Crippen LogP contribution in [-0.2, 0) is 6.54 Å². The van der Waals surface area contributed by atoms with Gasteiger partial charge in [0.05, 0.1) is 28.1 Å². The van der Waals surface area contributed by atoms with Crippen LogP contribution in [0.4, 0.5) is 8.78 Å². The molecule has 1 saturated heterocycles. The first-order valence-electron chi connectivity index (χ1n) is 12.5. The summed E-state index contributed by atoms with van der Waals surface area (Å²) in [6.45, 7) is 1.37. The van der Waals surface area contributed by atoms with Gasteiger partial charge >= 0.3 is 0 Å². The van der Waals surface area contributed by atoms with E-state index in [4.69, 9.17) is 11.0 Å². The molecule has 3 heterocycles. The fourth-order valence-electron chi connectivity index (χ4n) is 4.99. The molecule has 1 aliphatic heterocycles. The molecule has 2 aliphatic rings. The minimum Gasteiger partial charge on any atom is -0.388 e. The van der Waals surface area contributed by atoms with E-state index in [2.05, 4.69) is 5.10 Å². The largest absolute Gasteiger partial charge is 0.388 e. The van der Waals surface area contributed by atoms with Gasteiger partial charge in [-0.2, -0.15) is 10.4 Å². The lowest BCUT2D eigenvalue weighted by Crippen LogP contribution is -2.45. The van der Waals surface area contributed by atoms with Crippen LogP contribution in [0.1, 0.15) is 40.9 Å². The van der Waals surface area contributed by atoms with Gasteiger partial charge in [-0.05, 0) is 55.5 Å². The molecule has 0 bridgehead atoms. The predicted octanol–water partition coefficient (Wildman–Crippen LogP) is 4.67. The molecule has 1 amide bonds. The molecule has 1 atom stereocenters. The third kappa shape index (κ3) is 4.58. The molecule has 1 saturated carbocycles. The molecule has 2 fully saturated rings. The Labute approximate surface area is 221 Å². The van der Waals surface area contributed by atoms with Gasteiger partial charge in [-0.15, -0.1) is 11.3 Å². The maximum absolute atomic E-state index is 15.6. The van der Waals surface area contributed by atoms with Gasteiger partial charge in [0, 0.05) is 52.8 Å². The van der Waals surface area contributed by atoms with E-state index in [1.54, 1.807) is 34.0 Å². The molecule has 1 aliphatic carbocycles. The van der Waals surface area contributed by atoms with Crippen LogP contribution in [0.5, 0.6) is 0 Å². The average Bonchev–Trinajstić information content (AvgIpc) is 3.28. The Morgan fingerprint density at radius 2 is 2.03 bits per heavy atom. The van der Waals surface area contributed by atoms with Crippen LogP contribution in [0, 0.1) is 23.0 Å². The van der Waals surface area contributed by atoms with Crippen LogP contribution in [0.25, 0.3) is 32.5 Å². The lowest BCUT2D eigenvalue weighted by molar-refractivity contribution is 0.0713. The fourth-order valence-corrected chi connectivity index (χ4v) is 6.16. The van der Waals surface area contributed by atoms with E-state index < -0.39 is 17.2 Å². The summed E-state index contributed by atoms with van der Waals surface area (Å²) in [7, 11) is 0. The van der Waals surface area contributed by atoms with Crippen LogP contribution in [0.15, 0.2) is 42.6 Å². The number of nitrogens with two attached hydrogens (primary N) is 1. The molecule has 2 aromatic carbocycles. The topological polar surface area (TPSA) is 108 Å². The highest BCUT2D eigenvalue weighted by atomic mass is 32.1. The second-order valence-corrected chi connectivity index (χ2v) is 11.3. The number of amides is 1. The van der Waals surface area contributed by atoms with Crippen molar-refractivity contribution in [3.8, 4) is 27.6 Å². The summed E-state index contributed by atoms with van der Waals surface area (Å²) in [5, 5.41) is 24.5. The van der Waals surface area contributed by atoms with Crippen molar-refractivity contribution in [3.05, 3.63) is 64.7 Å². The number of benzene rings is 2. The molecule has 7 nitrogen and oxygen atoms in total. The van der Waals surface area contributed by atoms with E-state index in [1.807, 2.05) is 6.07 Å². The highest BCUT2D eigenvalue weighted by Gasteiger charge is 2.41. The lowest BCUT2D eigenvalue weighted by atomic mass is 9.99. The molecule has 4 aromatic rings. The lowest BCUT2D eigenvalue weighted by Gasteiger charge is -2.30. The summed E-state index contributed by atoms with van der Waals surface area (Å²) >= 11 is 1.15. The van der Waals surface area contributed by atoms with E-state index in [0.29, 0.717) is 64.3 Å². The van der Waals surface area contributed by atoms with E-state index >= 15 is 4.39 Å². The van der Waals surface area contributed by atoms with Crippen molar-refractivity contribution >= 4 is 28.1 Å². The van der Waals surface area contributed by atoms with Gasteiger partial charge in [0.25, 0.3) is 5.91 Å². The van der Waals surface area contributed by atoms with Crippen LogP contribution < -0.4 is 5.73 Å². The number of hydrogen-bond donors (Lipinski definition) is 2. The normalized spacial score (nSPS) is 18.5. The number of fused-ring (bicyclic) bond motifs is 1. The third-order valence-corrected chi connectivity index (χ3v) is 8.41. The Hall–Kier alpha value is -3.65. The van der Waals surface area contributed by atoms with Crippen molar-refractivity contribution in [1.29, 1.82) is 5.26 Å². The summed E-state index contributed by atoms with van der Waals surface area (Å²) < 4.78 is 31.8. The van der Waals surface area contributed by atoms with Gasteiger partial charge in [-0.25, -0.2) is 8.78 Å². The Bertz CT molecular complexity index is 1620. The van der Waals surface area contributed by atoms with Gasteiger partial charge in [0.2, 0.25) is 0 Å². The monoisotopic (exact) mass is 533 g/mol. The maximum atomic E-state index is 15.6. The van der Waals surface area contributed by atoms with Crippen molar-refractivity contribution in [2.45, 2.75) is 43.9 Å². The highest BCUT2D eigenvalue weighted by molar-refractivity contribution is 7.18. The van der Waals surface area contributed by atoms with Crippen LogP contribution >= 0.6 is 11.3 Å². The zero-order valence-corrected chi connectivity index (χ0v) is 21.3. The van der Waals surface area contributed by atoms with Crippen molar-refractivity contribution in [3.63, 3.8) is 0 Å². The molecule has 0 unspecified atom stereocenters. The van der Waals surface area contributed by atoms with Crippen molar-refractivity contribution < 1.29 is 18.7 Å². The van der Waals surface area contributed by atoms with Crippen LogP contribution in [0.2, 0.25) is 0 Å². The standard InChI is InChI=1S/C28H25F2N5O2S/c29-22-9-16(3-4-17(22)12-31)20-10-25(27(36)34-7-1-2-19(32)14-34)38-26(20)21-8-18-13-35(15-28(37)5-6-28)33-24(18)11-23(21)30/h3-4,8-11,13,19,37H,1-2,5-7,14-15,32H2/t19-/m1/s1. The number of halogens is 2. The Morgan fingerprint density at radius 3 is 2.74 bits per heavy atom. The van der Waals surface area contributed by atoms with Crippen molar-refractivity contribution in [1.82, 2.24) is 14.7 Å². The summed E-state index contributed by atoms with van der Waals surface area (Å²) in [6.07, 6.45) is 4.85. The van der Waals surface area contributed by atoms with Crippen LogP contribution in [-0.4, -0.2) is 50.4 Å². The number of thiophene rings is 1. The summed E-state index contributed by atoms with van der Waals surface area (Å²) in [5.41, 5.74) is 6.90. The zero-order valence-electron chi connectivity index (χ0n) is 20.5. The number of piperidine rings is 1. The first-order valence-corrected chi connectivity index (χ1v) is 13.3. The molecule has 2 aromatic heterocycles. The Morgan fingerprint density at radius 1 is 1.21 bits per heavy atom. The minimum atomic E-state index is -0.754. The molecule has 0 radical (unpaired) electrons. The highest BCUT2D eigenvalue weighted by Crippen LogP contribution is 2.43. The van der Waals surface area contributed by atoms with Crippen LogP contribution in [0.3, 0.4) is 0 Å². The molecule has 10 heteroatoms. The van der Waals surface area contributed by atoms with E-state index in [1.165, 1.54) is 18.2 Å². The molecule has 38 heavy (non-hydrogen) atoms. The minimum absolute atomic E-state index is 0.0932. The first-order chi connectivity index (χ1) is 18.2. The SMILES string of the molecule is N#Cc1ccc(-c2cc(C(=O)N3CCC[C@@H](N)C3)sc2-c2cc3cn(CC4(O)CC4)nc3cc2F)cc1F. The molecule has 194 valence electrons. The number of nitrogens with zero attached hydrogens (tertiary/aromatic N) is 4. The van der Waals surface area contributed by atoms with E-state index in [0.717, 1.165) is 24.2 Å². The predicted molar refractivity (Wildman–Crippen MR) is 140 cm³/mol. The van der Waals surface area contributed by atoms with E-state index in [9.17, 15) is 14.3 Å². The first kappa shape index (κ1) is 24.7. The number of hydrogen-bond acceptors (Lipinski definition) is 6. The van der Waals surface area contributed by atoms with Crippen molar-refractivity contribution in [2.75, 3.05) is 13.1 Å². The van der Waals surface area contributed by atoms with E-state index in [-0.39, 0.29) is 23.1 Å². The zero-order chi connectivity index (χ0) is 26.6. The average molecular weight is 534 g/mol. The third-order valence-electron chi connectivity index (χ3n) is 7.26. The number of aliphatic hydroxyl groups is 1. The maximum Gasteiger partial charge on any atom is 0.264 e. The number of carbonyl (C=O) groups excluding carboxylic acids is 1. The number of rotatable bonds is 5. The molecule has 6 rings (SSSR count). The van der Waals surface area contributed by atoms with Gasteiger partial charge in [-0.3, -0.25) is 9.48 Å². The Balaban J connectivity index is 1.46. The van der Waals surface area contributed by atoms with Crippen molar-refractivity contribution in [2.24, 2.45) is 5.73 Å². The fraction of sp³-hybridized carbons (Fsp3) is 0.321. The quantitative estimate of drug-likeness (QED) is 0.388. The molecular formula is C28H25F2N5O2S. The Kier molecular flexibility index (Phi) is 6.02. The van der Waals surface area contributed by atoms with Gasteiger partial charge in [-0.1, -0.05) is 6.07 Å².